The van der Waals surface area contributed by atoms with Crippen LogP contribution in [0.4, 0.5) is 13.2 Å². The molecule has 4 heteroatoms. The Morgan fingerprint density at radius 1 is 1.00 bits per heavy atom. The lowest BCUT2D eigenvalue weighted by Crippen LogP contribution is -1.93. The number of pyridine rings is 1. The van der Waals surface area contributed by atoms with Crippen LogP contribution in [0.5, 0.6) is 0 Å². The fourth-order valence-electron chi connectivity index (χ4n) is 1.32. The van der Waals surface area contributed by atoms with Crippen LogP contribution >= 0.6 is 0 Å². The second-order valence-corrected chi connectivity index (χ2v) is 2.97. The first-order valence-corrected chi connectivity index (χ1v) is 4.24. The minimum Gasteiger partial charge on any atom is -0.228 e. The highest BCUT2D eigenvalue weighted by atomic mass is 19.1. The average Bonchev–Trinajstić information content (AvgIpc) is 2.17. The van der Waals surface area contributed by atoms with Crippen molar-refractivity contribution in [3.8, 4) is 11.1 Å². The lowest BCUT2D eigenvalue weighted by molar-refractivity contribution is 0.558. The second kappa shape index (κ2) is 3.73. The second-order valence-electron chi connectivity index (χ2n) is 2.97. The molecule has 0 saturated heterocycles. The minimum atomic E-state index is -0.944. The Kier molecular flexibility index (Phi) is 2.41. The molecule has 2 rings (SSSR count). The predicted molar refractivity (Wildman–Crippen MR) is 49.5 cm³/mol. The van der Waals surface area contributed by atoms with Crippen molar-refractivity contribution in [2.75, 3.05) is 0 Å². The van der Waals surface area contributed by atoms with Crippen molar-refractivity contribution in [2.24, 2.45) is 0 Å². The Balaban J connectivity index is 2.63. The monoisotopic (exact) mass is 209 g/mol. The van der Waals surface area contributed by atoms with Crippen LogP contribution in [0.25, 0.3) is 11.1 Å². The third kappa shape index (κ3) is 1.83. The van der Waals surface area contributed by atoms with E-state index in [9.17, 15) is 13.2 Å². The molecule has 0 aliphatic heterocycles. The van der Waals surface area contributed by atoms with Gasteiger partial charge in [0.2, 0.25) is 5.95 Å². The normalized spacial score (nSPS) is 10.3. The lowest BCUT2D eigenvalue weighted by atomic mass is 10.1. The molecule has 1 nitrogen and oxygen atoms in total. The maximum absolute atomic E-state index is 13.3. The summed E-state index contributed by atoms with van der Waals surface area (Å²) in [5.41, 5.74) is -0.171. The summed E-state index contributed by atoms with van der Waals surface area (Å²) in [5, 5.41) is 0. The van der Waals surface area contributed by atoms with Crippen LogP contribution < -0.4 is 0 Å². The average molecular weight is 209 g/mol. The molecule has 1 heterocycles. The molecule has 0 fully saturated rings. The summed E-state index contributed by atoms with van der Waals surface area (Å²) in [7, 11) is 0. The number of aromatic nitrogens is 1. The van der Waals surface area contributed by atoms with Crippen molar-refractivity contribution in [3.05, 3.63) is 54.1 Å². The van der Waals surface area contributed by atoms with Crippen LogP contribution in [0.3, 0.4) is 0 Å². The largest absolute Gasteiger partial charge is 0.228 e. The van der Waals surface area contributed by atoms with Gasteiger partial charge in [-0.1, -0.05) is 12.1 Å². The van der Waals surface area contributed by atoms with Crippen LogP contribution in [0.15, 0.2) is 36.5 Å². The van der Waals surface area contributed by atoms with Crippen molar-refractivity contribution in [3.63, 3.8) is 0 Å². The van der Waals surface area contributed by atoms with E-state index in [4.69, 9.17) is 0 Å². The number of halogens is 3. The molecule has 0 radical (unpaired) electrons. The number of hydrogen-bond donors (Lipinski definition) is 0. The van der Waals surface area contributed by atoms with Gasteiger partial charge in [-0.15, -0.1) is 0 Å². The summed E-state index contributed by atoms with van der Waals surface area (Å²) >= 11 is 0. The Morgan fingerprint density at radius 3 is 2.47 bits per heavy atom. The van der Waals surface area contributed by atoms with E-state index in [2.05, 4.69) is 4.98 Å². The van der Waals surface area contributed by atoms with Gasteiger partial charge >= 0.3 is 0 Å². The van der Waals surface area contributed by atoms with E-state index in [0.717, 1.165) is 18.3 Å². The highest BCUT2D eigenvalue weighted by Gasteiger charge is 2.12. The van der Waals surface area contributed by atoms with E-state index in [1.54, 1.807) is 0 Å². The summed E-state index contributed by atoms with van der Waals surface area (Å²) in [6.07, 6.45) is 1.02. The summed E-state index contributed by atoms with van der Waals surface area (Å²) in [6.45, 7) is 0. The molecular formula is C11H6F3N. The van der Waals surface area contributed by atoms with Gasteiger partial charge in [0, 0.05) is 6.20 Å². The van der Waals surface area contributed by atoms with Gasteiger partial charge in [0.15, 0.2) is 0 Å². The van der Waals surface area contributed by atoms with Gasteiger partial charge in [-0.3, -0.25) is 0 Å². The summed E-state index contributed by atoms with van der Waals surface area (Å²) in [6, 6.07) is 6.10. The Labute approximate surface area is 84.2 Å². The van der Waals surface area contributed by atoms with Crippen LogP contribution in [-0.2, 0) is 0 Å². The van der Waals surface area contributed by atoms with E-state index >= 15 is 0 Å². The first-order valence-electron chi connectivity index (χ1n) is 4.24. The Bertz CT molecular complexity index is 477. The fourth-order valence-corrected chi connectivity index (χ4v) is 1.32. The number of hydrogen-bond acceptors (Lipinski definition) is 1. The van der Waals surface area contributed by atoms with Crippen molar-refractivity contribution >= 4 is 0 Å². The molecule has 76 valence electrons. The molecule has 15 heavy (non-hydrogen) atoms. The van der Waals surface area contributed by atoms with E-state index in [-0.39, 0.29) is 11.1 Å². The minimum absolute atomic E-state index is 0.137. The lowest BCUT2D eigenvalue weighted by Gasteiger charge is -2.03. The molecule has 0 spiro atoms. The Hall–Kier alpha value is -1.84. The van der Waals surface area contributed by atoms with Crippen molar-refractivity contribution < 1.29 is 13.2 Å². The van der Waals surface area contributed by atoms with Gasteiger partial charge in [-0.25, -0.2) is 13.8 Å². The number of rotatable bonds is 1. The zero-order chi connectivity index (χ0) is 10.8. The number of benzene rings is 1. The third-order valence-corrected chi connectivity index (χ3v) is 1.97. The fraction of sp³-hybridized carbons (Fsp3) is 0. The molecule has 0 unspecified atom stereocenters. The van der Waals surface area contributed by atoms with Crippen LogP contribution in [0.2, 0.25) is 0 Å². The van der Waals surface area contributed by atoms with E-state index in [1.165, 1.54) is 18.2 Å². The van der Waals surface area contributed by atoms with E-state index in [1.807, 2.05) is 0 Å². The van der Waals surface area contributed by atoms with Crippen LogP contribution in [-0.4, -0.2) is 4.98 Å². The van der Waals surface area contributed by atoms with Crippen molar-refractivity contribution in [1.29, 1.82) is 0 Å². The topological polar surface area (TPSA) is 12.9 Å². The van der Waals surface area contributed by atoms with Crippen LogP contribution in [0, 0.1) is 17.6 Å². The highest BCUT2D eigenvalue weighted by Crippen LogP contribution is 2.24. The molecule has 0 saturated carbocycles. The molecule has 0 atom stereocenters. The summed E-state index contributed by atoms with van der Waals surface area (Å²) in [4.78, 5) is 3.32. The first-order chi connectivity index (χ1) is 7.18. The number of nitrogens with zero attached hydrogens (tertiary/aromatic N) is 1. The van der Waals surface area contributed by atoms with Crippen LogP contribution in [0.1, 0.15) is 0 Å². The molecule has 0 aliphatic rings. The summed E-state index contributed by atoms with van der Waals surface area (Å²) < 4.78 is 39.3. The van der Waals surface area contributed by atoms with Crippen molar-refractivity contribution in [1.82, 2.24) is 4.98 Å². The molecular weight excluding hydrogens is 203 g/mol. The van der Waals surface area contributed by atoms with Gasteiger partial charge in [-0.2, -0.15) is 4.39 Å². The van der Waals surface area contributed by atoms with Crippen molar-refractivity contribution in [2.45, 2.75) is 0 Å². The predicted octanol–water partition coefficient (Wildman–Crippen LogP) is 3.17. The zero-order valence-electron chi connectivity index (χ0n) is 7.55. The molecule has 0 bridgehead atoms. The maximum atomic E-state index is 13.3. The molecule has 0 aliphatic carbocycles. The van der Waals surface area contributed by atoms with Gasteiger partial charge < -0.3 is 0 Å². The SMILES string of the molecule is Fc1cccc(-c2c(F)ccnc2F)c1. The van der Waals surface area contributed by atoms with E-state index < -0.39 is 17.6 Å². The highest BCUT2D eigenvalue weighted by molar-refractivity contribution is 5.63. The molecule has 1 aromatic heterocycles. The first kappa shape index (κ1) is 9.71. The molecule has 0 amide bonds. The standard InChI is InChI=1S/C11H6F3N/c12-8-3-1-2-7(6-8)10-9(13)4-5-15-11(10)14/h1-6H. The van der Waals surface area contributed by atoms with Gasteiger partial charge in [0.25, 0.3) is 0 Å². The van der Waals surface area contributed by atoms with Gasteiger partial charge in [0.05, 0.1) is 5.56 Å². The zero-order valence-corrected chi connectivity index (χ0v) is 7.55. The molecule has 1 aromatic carbocycles. The van der Waals surface area contributed by atoms with Gasteiger partial charge in [0.1, 0.15) is 11.6 Å². The third-order valence-electron chi connectivity index (χ3n) is 1.97. The molecule has 2 aromatic rings. The quantitative estimate of drug-likeness (QED) is 0.657. The van der Waals surface area contributed by atoms with E-state index in [0.29, 0.717) is 0 Å². The Morgan fingerprint density at radius 2 is 1.80 bits per heavy atom. The van der Waals surface area contributed by atoms with Gasteiger partial charge in [-0.05, 0) is 23.8 Å². The smallest absolute Gasteiger partial charge is 0.223 e. The summed E-state index contributed by atoms with van der Waals surface area (Å²) in [5.74, 6) is -2.25. The maximum Gasteiger partial charge on any atom is 0.223 e. The molecule has 0 N–H and O–H groups in total.